The SMILES string of the molecule is CCC1C(=O)N(C)c2cnc(-c3ccnc(NC)c3)nc2N1C1CCCC1. The van der Waals surface area contributed by atoms with Gasteiger partial charge in [0.05, 0.1) is 6.20 Å². The summed E-state index contributed by atoms with van der Waals surface area (Å²) < 4.78 is 0. The van der Waals surface area contributed by atoms with Crippen LogP contribution in [0.1, 0.15) is 39.0 Å². The summed E-state index contributed by atoms with van der Waals surface area (Å²) in [6.45, 7) is 2.08. The average molecular weight is 366 g/mol. The molecule has 2 aliphatic rings. The van der Waals surface area contributed by atoms with Crippen LogP contribution in [0.2, 0.25) is 0 Å². The van der Waals surface area contributed by atoms with E-state index in [1.165, 1.54) is 12.8 Å². The summed E-state index contributed by atoms with van der Waals surface area (Å²) in [7, 11) is 3.67. The molecule has 1 N–H and O–H groups in total. The number of pyridine rings is 1. The van der Waals surface area contributed by atoms with Gasteiger partial charge in [-0.05, 0) is 31.4 Å². The highest BCUT2D eigenvalue weighted by atomic mass is 16.2. The van der Waals surface area contributed by atoms with E-state index in [1.54, 1.807) is 17.3 Å². The van der Waals surface area contributed by atoms with Crippen LogP contribution in [0.5, 0.6) is 0 Å². The lowest BCUT2D eigenvalue weighted by atomic mass is 10.0. The van der Waals surface area contributed by atoms with E-state index in [0.29, 0.717) is 11.9 Å². The summed E-state index contributed by atoms with van der Waals surface area (Å²) in [6.07, 6.45) is 8.97. The molecule has 2 aromatic rings. The Hall–Kier alpha value is -2.70. The highest BCUT2D eigenvalue weighted by molar-refractivity contribution is 6.04. The minimum atomic E-state index is -0.154. The lowest BCUT2D eigenvalue weighted by Crippen LogP contribution is -2.55. The van der Waals surface area contributed by atoms with Crippen LogP contribution in [0.25, 0.3) is 11.4 Å². The maximum absolute atomic E-state index is 12.9. The molecule has 27 heavy (non-hydrogen) atoms. The van der Waals surface area contributed by atoms with Crippen molar-refractivity contribution in [1.82, 2.24) is 15.0 Å². The van der Waals surface area contributed by atoms with E-state index >= 15 is 0 Å². The van der Waals surface area contributed by atoms with Gasteiger partial charge >= 0.3 is 0 Å². The van der Waals surface area contributed by atoms with Crippen molar-refractivity contribution < 1.29 is 4.79 Å². The molecule has 0 spiro atoms. The Labute approximate surface area is 159 Å². The second-order valence-electron chi connectivity index (χ2n) is 7.25. The fourth-order valence-corrected chi connectivity index (χ4v) is 4.23. The standard InChI is InChI=1S/C20H26N6O/c1-4-15-20(27)25(3)16-12-23-18(13-9-10-22-17(11-13)21-2)24-19(16)26(15)14-7-5-6-8-14/h9-12,14-15H,4-8H2,1-3H3,(H,21,22). The molecule has 0 aromatic carbocycles. The number of rotatable bonds is 4. The van der Waals surface area contributed by atoms with Gasteiger partial charge in [-0.15, -0.1) is 0 Å². The van der Waals surface area contributed by atoms with Gasteiger partial charge < -0.3 is 15.1 Å². The zero-order valence-corrected chi connectivity index (χ0v) is 16.1. The van der Waals surface area contributed by atoms with Crippen LogP contribution in [-0.2, 0) is 4.79 Å². The van der Waals surface area contributed by atoms with Crippen LogP contribution in [0.15, 0.2) is 24.5 Å². The molecule has 1 saturated carbocycles. The van der Waals surface area contributed by atoms with Gasteiger partial charge in [-0.25, -0.2) is 15.0 Å². The van der Waals surface area contributed by atoms with Crippen LogP contribution in [0.3, 0.4) is 0 Å². The smallest absolute Gasteiger partial charge is 0.249 e. The average Bonchev–Trinajstić information content (AvgIpc) is 3.24. The number of carbonyl (C=O) groups excluding carboxylic acids is 1. The molecule has 2 aromatic heterocycles. The first-order chi connectivity index (χ1) is 13.1. The predicted octanol–water partition coefficient (Wildman–Crippen LogP) is 3.08. The molecule has 0 radical (unpaired) electrons. The van der Waals surface area contributed by atoms with Gasteiger partial charge in [0.25, 0.3) is 0 Å². The maximum Gasteiger partial charge on any atom is 0.249 e. The minimum Gasteiger partial charge on any atom is -0.373 e. The summed E-state index contributed by atoms with van der Waals surface area (Å²) in [5, 5.41) is 3.05. The predicted molar refractivity (Wildman–Crippen MR) is 107 cm³/mol. The Kier molecular flexibility index (Phi) is 4.68. The number of carbonyl (C=O) groups is 1. The Bertz CT molecular complexity index is 848. The normalized spacial score (nSPS) is 20.1. The molecule has 0 saturated heterocycles. The summed E-state index contributed by atoms with van der Waals surface area (Å²) in [5.74, 6) is 2.45. The minimum absolute atomic E-state index is 0.134. The fraction of sp³-hybridized carbons (Fsp3) is 0.500. The van der Waals surface area contributed by atoms with Crippen LogP contribution in [0.4, 0.5) is 17.3 Å². The molecule has 4 rings (SSSR count). The molecule has 1 amide bonds. The first-order valence-corrected chi connectivity index (χ1v) is 9.71. The summed E-state index contributed by atoms with van der Waals surface area (Å²) in [6, 6.07) is 4.08. The lowest BCUT2D eigenvalue weighted by Gasteiger charge is -2.43. The molecule has 3 heterocycles. The number of hydrogen-bond acceptors (Lipinski definition) is 6. The zero-order chi connectivity index (χ0) is 19.0. The third-order valence-electron chi connectivity index (χ3n) is 5.69. The molecule has 7 heteroatoms. The molecule has 1 atom stereocenters. The quantitative estimate of drug-likeness (QED) is 0.896. The summed E-state index contributed by atoms with van der Waals surface area (Å²) in [4.78, 5) is 30.7. The Morgan fingerprint density at radius 1 is 1.26 bits per heavy atom. The number of nitrogens with one attached hydrogen (secondary N) is 1. The van der Waals surface area contributed by atoms with E-state index in [-0.39, 0.29) is 11.9 Å². The highest BCUT2D eigenvalue weighted by Gasteiger charge is 2.41. The van der Waals surface area contributed by atoms with E-state index in [1.807, 2.05) is 26.2 Å². The van der Waals surface area contributed by atoms with Crippen molar-refractivity contribution in [2.75, 3.05) is 29.2 Å². The molecular formula is C20H26N6O. The van der Waals surface area contributed by atoms with Crippen molar-refractivity contribution >= 4 is 23.2 Å². The largest absolute Gasteiger partial charge is 0.373 e. The van der Waals surface area contributed by atoms with E-state index in [4.69, 9.17) is 4.98 Å². The maximum atomic E-state index is 12.9. The van der Waals surface area contributed by atoms with Crippen LogP contribution in [-0.4, -0.2) is 47.0 Å². The molecular weight excluding hydrogens is 340 g/mol. The monoisotopic (exact) mass is 366 g/mol. The zero-order valence-electron chi connectivity index (χ0n) is 16.1. The van der Waals surface area contributed by atoms with Crippen LogP contribution < -0.4 is 15.1 Å². The van der Waals surface area contributed by atoms with Crippen molar-refractivity contribution in [2.24, 2.45) is 0 Å². The number of anilines is 3. The van der Waals surface area contributed by atoms with E-state index in [9.17, 15) is 4.79 Å². The number of hydrogen-bond donors (Lipinski definition) is 1. The van der Waals surface area contributed by atoms with E-state index in [0.717, 1.165) is 42.1 Å². The summed E-state index contributed by atoms with van der Waals surface area (Å²) in [5.41, 5.74) is 1.71. The number of likely N-dealkylation sites (N-methyl/N-ethyl adjacent to an activating group) is 1. The third kappa shape index (κ3) is 3.01. The molecule has 142 valence electrons. The second kappa shape index (κ2) is 7.13. The molecule has 1 aliphatic carbocycles. The van der Waals surface area contributed by atoms with Gasteiger partial charge in [0, 0.05) is 31.9 Å². The van der Waals surface area contributed by atoms with Crippen molar-refractivity contribution in [2.45, 2.75) is 51.1 Å². The molecule has 7 nitrogen and oxygen atoms in total. The van der Waals surface area contributed by atoms with Gasteiger partial charge in [0.15, 0.2) is 11.6 Å². The lowest BCUT2D eigenvalue weighted by molar-refractivity contribution is -0.120. The topological polar surface area (TPSA) is 74.2 Å². The Morgan fingerprint density at radius 3 is 2.74 bits per heavy atom. The Morgan fingerprint density at radius 2 is 2.04 bits per heavy atom. The molecule has 1 fully saturated rings. The van der Waals surface area contributed by atoms with Crippen molar-refractivity contribution in [3.8, 4) is 11.4 Å². The van der Waals surface area contributed by atoms with Crippen LogP contribution >= 0.6 is 0 Å². The fourth-order valence-electron chi connectivity index (χ4n) is 4.23. The van der Waals surface area contributed by atoms with Gasteiger partial charge in [0.2, 0.25) is 5.91 Å². The highest BCUT2D eigenvalue weighted by Crippen LogP contribution is 2.40. The molecule has 0 bridgehead atoms. The Balaban J connectivity index is 1.83. The number of fused-ring (bicyclic) bond motifs is 1. The summed E-state index contributed by atoms with van der Waals surface area (Å²) >= 11 is 0. The van der Waals surface area contributed by atoms with Crippen LogP contribution in [0, 0.1) is 0 Å². The van der Waals surface area contributed by atoms with E-state index < -0.39 is 0 Å². The van der Waals surface area contributed by atoms with Gasteiger partial charge in [0.1, 0.15) is 17.5 Å². The number of aromatic nitrogens is 3. The number of nitrogens with zero attached hydrogens (tertiary/aromatic N) is 5. The molecule has 1 unspecified atom stereocenters. The third-order valence-corrected chi connectivity index (χ3v) is 5.69. The van der Waals surface area contributed by atoms with Crippen molar-refractivity contribution in [3.63, 3.8) is 0 Å². The number of amides is 1. The van der Waals surface area contributed by atoms with Gasteiger partial charge in [-0.3, -0.25) is 4.79 Å². The second-order valence-corrected chi connectivity index (χ2v) is 7.25. The molecule has 1 aliphatic heterocycles. The van der Waals surface area contributed by atoms with Gasteiger partial charge in [-0.1, -0.05) is 19.8 Å². The first-order valence-electron chi connectivity index (χ1n) is 9.71. The first kappa shape index (κ1) is 17.7. The van der Waals surface area contributed by atoms with Gasteiger partial charge in [-0.2, -0.15) is 0 Å². The van der Waals surface area contributed by atoms with E-state index in [2.05, 4.69) is 27.1 Å². The van der Waals surface area contributed by atoms with Crippen molar-refractivity contribution in [1.29, 1.82) is 0 Å². The van der Waals surface area contributed by atoms with Crippen molar-refractivity contribution in [3.05, 3.63) is 24.5 Å².